The minimum atomic E-state index is -3.21. The number of nitriles is 1. The first kappa shape index (κ1) is 27.5. The third kappa shape index (κ3) is 5.46. The second-order valence-corrected chi connectivity index (χ2v) is 12.2. The number of pyridine rings is 2. The molecule has 0 spiro atoms. The molecule has 1 aliphatic heterocycles. The Hall–Kier alpha value is -4.67. The van der Waals surface area contributed by atoms with Crippen molar-refractivity contribution in [1.82, 2.24) is 29.3 Å². The summed E-state index contributed by atoms with van der Waals surface area (Å²) in [6.07, 6.45) is 8.77. The maximum Gasteiger partial charge on any atom is 0.333 e. The SMILES string of the molecule is CS(=O)(=O)c1ccc(CN2CCN(c3ccc(-c4cc(-c5cnn(C(F)F)c5)cn5ncc(C#N)c45)cn3)CC2)cc1. The van der Waals surface area contributed by atoms with Crippen molar-refractivity contribution in [3.05, 3.63) is 84.6 Å². The van der Waals surface area contributed by atoms with Gasteiger partial charge in [0, 0.05) is 79.8 Å². The van der Waals surface area contributed by atoms with Crippen LogP contribution in [0.1, 0.15) is 17.7 Å². The van der Waals surface area contributed by atoms with Gasteiger partial charge >= 0.3 is 6.55 Å². The molecule has 0 radical (unpaired) electrons. The van der Waals surface area contributed by atoms with Gasteiger partial charge in [0.1, 0.15) is 11.9 Å². The van der Waals surface area contributed by atoms with Crippen LogP contribution in [-0.4, -0.2) is 70.1 Å². The number of hydrogen-bond donors (Lipinski definition) is 0. The number of fused-ring (bicyclic) bond motifs is 1. The molecule has 5 aromatic rings. The van der Waals surface area contributed by atoms with Crippen molar-refractivity contribution >= 4 is 21.2 Å². The Bertz CT molecular complexity index is 1890. The lowest BCUT2D eigenvalue weighted by Crippen LogP contribution is -2.46. The smallest absolute Gasteiger partial charge is 0.333 e. The molecule has 0 aliphatic carbocycles. The molecule has 6 rings (SSSR count). The zero-order chi connectivity index (χ0) is 29.4. The molecular formula is C29H26F2N8O2S. The number of anilines is 1. The number of hydrogen-bond acceptors (Lipinski definition) is 8. The van der Waals surface area contributed by atoms with Gasteiger partial charge < -0.3 is 4.90 Å². The average Bonchev–Trinajstić information content (AvgIpc) is 3.65. The third-order valence-corrected chi connectivity index (χ3v) is 8.51. The highest BCUT2D eigenvalue weighted by Gasteiger charge is 2.20. The zero-order valence-electron chi connectivity index (χ0n) is 22.6. The number of rotatable bonds is 7. The summed E-state index contributed by atoms with van der Waals surface area (Å²) in [6.45, 7) is 1.20. The summed E-state index contributed by atoms with van der Waals surface area (Å²) in [6, 6.07) is 14.9. The zero-order valence-corrected chi connectivity index (χ0v) is 23.4. The molecule has 1 aromatic carbocycles. The molecule has 0 N–H and O–H groups in total. The Morgan fingerprint density at radius 3 is 2.31 bits per heavy atom. The van der Waals surface area contributed by atoms with E-state index in [1.807, 2.05) is 30.3 Å². The van der Waals surface area contributed by atoms with Gasteiger partial charge in [-0.1, -0.05) is 12.1 Å². The number of aromatic nitrogens is 5. The van der Waals surface area contributed by atoms with Gasteiger partial charge in [-0.05, 0) is 35.9 Å². The summed E-state index contributed by atoms with van der Waals surface area (Å²) in [5.41, 5.74) is 4.66. The van der Waals surface area contributed by atoms with Crippen LogP contribution in [0.3, 0.4) is 0 Å². The van der Waals surface area contributed by atoms with Gasteiger partial charge in [-0.25, -0.2) is 22.6 Å². The largest absolute Gasteiger partial charge is 0.354 e. The summed E-state index contributed by atoms with van der Waals surface area (Å²) < 4.78 is 51.8. The second-order valence-electron chi connectivity index (χ2n) is 10.2. The van der Waals surface area contributed by atoms with E-state index >= 15 is 0 Å². The monoisotopic (exact) mass is 588 g/mol. The van der Waals surface area contributed by atoms with Crippen LogP contribution in [0.4, 0.5) is 14.6 Å². The van der Waals surface area contributed by atoms with Gasteiger partial charge in [0.2, 0.25) is 0 Å². The Morgan fingerprint density at radius 1 is 0.929 bits per heavy atom. The number of benzene rings is 1. The predicted molar refractivity (Wildman–Crippen MR) is 153 cm³/mol. The molecule has 0 atom stereocenters. The molecule has 1 saturated heterocycles. The van der Waals surface area contributed by atoms with Crippen LogP contribution in [0.15, 0.2) is 78.3 Å². The molecule has 0 saturated carbocycles. The molecule has 214 valence electrons. The lowest BCUT2D eigenvalue weighted by atomic mass is 10.0. The lowest BCUT2D eigenvalue weighted by molar-refractivity contribution is 0.0566. The molecule has 1 aliphatic rings. The van der Waals surface area contributed by atoms with Crippen molar-refractivity contribution in [2.75, 3.05) is 37.3 Å². The van der Waals surface area contributed by atoms with E-state index in [-0.39, 0.29) is 0 Å². The van der Waals surface area contributed by atoms with Gasteiger partial charge in [-0.2, -0.15) is 24.2 Å². The molecule has 1 fully saturated rings. The molecule has 13 heteroatoms. The first-order chi connectivity index (χ1) is 20.2. The summed E-state index contributed by atoms with van der Waals surface area (Å²) in [5, 5.41) is 17.7. The van der Waals surface area contributed by atoms with Crippen LogP contribution in [0.5, 0.6) is 0 Å². The maximum absolute atomic E-state index is 13.1. The van der Waals surface area contributed by atoms with Crippen molar-refractivity contribution in [3.63, 3.8) is 0 Å². The third-order valence-electron chi connectivity index (χ3n) is 7.38. The van der Waals surface area contributed by atoms with Gasteiger partial charge in [0.05, 0.1) is 28.4 Å². The van der Waals surface area contributed by atoms with Gasteiger partial charge in [-0.15, -0.1) is 0 Å². The molecule has 42 heavy (non-hydrogen) atoms. The summed E-state index contributed by atoms with van der Waals surface area (Å²) in [7, 11) is -3.21. The quantitative estimate of drug-likeness (QED) is 0.277. The highest BCUT2D eigenvalue weighted by atomic mass is 32.2. The van der Waals surface area contributed by atoms with Gasteiger partial charge in [0.15, 0.2) is 9.84 Å². The Balaban J connectivity index is 1.19. The van der Waals surface area contributed by atoms with Crippen molar-refractivity contribution in [2.24, 2.45) is 0 Å². The summed E-state index contributed by atoms with van der Waals surface area (Å²) >= 11 is 0. The minimum absolute atomic E-state index is 0.318. The van der Waals surface area contributed by atoms with E-state index in [4.69, 9.17) is 4.98 Å². The van der Waals surface area contributed by atoms with Crippen LogP contribution in [0.25, 0.3) is 27.8 Å². The van der Waals surface area contributed by atoms with Crippen LogP contribution in [0.2, 0.25) is 0 Å². The molecule has 10 nitrogen and oxygen atoms in total. The van der Waals surface area contributed by atoms with Crippen LogP contribution < -0.4 is 4.90 Å². The minimum Gasteiger partial charge on any atom is -0.354 e. The van der Waals surface area contributed by atoms with Crippen LogP contribution in [0, 0.1) is 11.3 Å². The molecule has 0 unspecified atom stereocenters. The molecule has 0 bridgehead atoms. The maximum atomic E-state index is 13.1. The molecule has 5 heterocycles. The standard InChI is InChI=1S/C29H26F2N8O2S/c1-42(40,41)25-5-2-20(3-6-25)17-36-8-10-37(11-9-36)27-7-4-21(14-33-27)26-12-22(24-16-35-39(19-24)29(30)31)18-38-28(26)23(13-32)15-34-38/h2-7,12,14-16,18-19,29H,8-11,17H2,1H3. The van der Waals surface area contributed by atoms with Crippen molar-refractivity contribution in [1.29, 1.82) is 5.26 Å². The lowest BCUT2D eigenvalue weighted by Gasteiger charge is -2.35. The molecule has 0 amide bonds. The van der Waals surface area contributed by atoms with Crippen LogP contribution in [-0.2, 0) is 16.4 Å². The van der Waals surface area contributed by atoms with Gasteiger partial charge in [0.25, 0.3) is 0 Å². The van der Waals surface area contributed by atoms with E-state index in [2.05, 4.69) is 26.1 Å². The van der Waals surface area contributed by atoms with E-state index < -0.39 is 16.4 Å². The number of nitrogens with zero attached hydrogens (tertiary/aromatic N) is 8. The van der Waals surface area contributed by atoms with E-state index in [0.29, 0.717) is 37.3 Å². The topological polar surface area (TPSA) is 112 Å². The number of sulfone groups is 1. The highest BCUT2D eigenvalue weighted by molar-refractivity contribution is 7.90. The van der Waals surface area contributed by atoms with E-state index in [0.717, 1.165) is 49.7 Å². The van der Waals surface area contributed by atoms with Crippen molar-refractivity contribution in [3.8, 4) is 28.3 Å². The first-order valence-corrected chi connectivity index (χ1v) is 15.1. The van der Waals surface area contributed by atoms with Gasteiger partial charge in [-0.3, -0.25) is 4.90 Å². The van der Waals surface area contributed by atoms with Crippen molar-refractivity contribution in [2.45, 2.75) is 18.0 Å². The number of alkyl halides is 2. The van der Waals surface area contributed by atoms with E-state index in [1.54, 1.807) is 29.0 Å². The number of piperazine rings is 1. The fraction of sp³-hybridized carbons (Fsp3) is 0.241. The Labute approximate surface area is 241 Å². The molecular weight excluding hydrogens is 562 g/mol. The molecule has 4 aromatic heterocycles. The average molecular weight is 589 g/mol. The van der Waals surface area contributed by atoms with E-state index in [9.17, 15) is 22.5 Å². The normalized spacial score (nSPS) is 14.5. The fourth-order valence-corrected chi connectivity index (χ4v) is 5.77. The Kier molecular flexibility index (Phi) is 7.17. The first-order valence-electron chi connectivity index (χ1n) is 13.2. The number of halogens is 2. The Morgan fingerprint density at radius 2 is 1.69 bits per heavy atom. The van der Waals surface area contributed by atoms with Crippen molar-refractivity contribution < 1.29 is 17.2 Å². The van der Waals surface area contributed by atoms with Crippen LogP contribution >= 0.6 is 0 Å². The summed E-state index contributed by atoms with van der Waals surface area (Å²) in [5.74, 6) is 0.829. The second kappa shape index (κ2) is 11.0. The fourth-order valence-electron chi connectivity index (χ4n) is 5.14. The predicted octanol–water partition coefficient (Wildman–Crippen LogP) is 4.25. The highest BCUT2D eigenvalue weighted by Crippen LogP contribution is 2.33. The van der Waals surface area contributed by atoms with E-state index in [1.165, 1.54) is 24.8 Å². The summed E-state index contributed by atoms with van der Waals surface area (Å²) in [4.78, 5) is 9.56.